The average Bonchev–Trinajstić information content (AvgIpc) is 2.89. The van der Waals surface area contributed by atoms with E-state index in [9.17, 15) is 9.59 Å². The third-order valence-electron chi connectivity index (χ3n) is 6.09. The molecule has 4 rings (SSSR count). The van der Waals surface area contributed by atoms with Crippen LogP contribution >= 0.6 is 15.9 Å². The van der Waals surface area contributed by atoms with Crippen molar-refractivity contribution in [3.05, 3.63) is 80.0 Å². The summed E-state index contributed by atoms with van der Waals surface area (Å²) in [6, 6.07) is 14.6. The molecule has 1 heterocycles. The van der Waals surface area contributed by atoms with Gasteiger partial charge in [-0.1, -0.05) is 26.0 Å². The summed E-state index contributed by atoms with van der Waals surface area (Å²) in [5.74, 6) is 1.57. The van der Waals surface area contributed by atoms with E-state index in [0.717, 1.165) is 22.4 Å². The van der Waals surface area contributed by atoms with Gasteiger partial charge in [-0.25, -0.2) is 4.98 Å². The molecule has 0 unspecified atom stereocenters. The van der Waals surface area contributed by atoms with Crippen LogP contribution in [0.15, 0.2) is 62.9 Å². The fraction of sp³-hybridized carbons (Fsp3) is 0.267. The van der Waals surface area contributed by atoms with Crippen LogP contribution in [0.3, 0.4) is 0 Å². The number of ether oxygens (including phenoxy) is 3. The topological polar surface area (TPSA) is 92.0 Å². The first kappa shape index (κ1) is 28.0. The van der Waals surface area contributed by atoms with Crippen LogP contribution < -0.4 is 19.8 Å². The summed E-state index contributed by atoms with van der Waals surface area (Å²) in [6.07, 6.45) is 1.55. The van der Waals surface area contributed by atoms with Gasteiger partial charge in [0.15, 0.2) is 17.3 Å². The number of halogens is 1. The fourth-order valence-electron chi connectivity index (χ4n) is 4.26. The molecule has 4 aromatic rings. The van der Waals surface area contributed by atoms with Crippen molar-refractivity contribution in [3.8, 4) is 28.6 Å². The van der Waals surface area contributed by atoms with E-state index in [1.807, 2.05) is 38.1 Å². The molecule has 39 heavy (non-hydrogen) atoms. The maximum Gasteiger partial charge on any atom is 0.308 e. The number of para-hydroxylation sites is 1. The van der Waals surface area contributed by atoms with Crippen molar-refractivity contribution in [1.82, 2.24) is 9.66 Å². The minimum Gasteiger partial charge on any atom is -0.496 e. The zero-order valence-electron chi connectivity index (χ0n) is 22.7. The molecule has 0 bridgehead atoms. The second kappa shape index (κ2) is 11.8. The number of hydrogen-bond acceptors (Lipinski definition) is 7. The summed E-state index contributed by atoms with van der Waals surface area (Å²) in [5.41, 5.74) is 3.59. The number of hydrogen-bond donors (Lipinski definition) is 0. The molecule has 0 amide bonds. The first-order chi connectivity index (χ1) is 18.6. The van der Waals surface area contributed by atoms with Crippen molar-refractivity contribution in [2.45, 2.75) is 40.5 Å². The first-order valence-electron chi connectivity index (χ1n) is 12.5. The van der Waals surface area contributed by atoms with E-state index in [1.165, 1.54) is 11.6 Å². The highest BCUT2D eigenvalue weighted by Gasteiger charge is 2.19. The van der Waals surface area contributed by atoms with Gasteiger partial charge in [0, 0.05) is 12.5 Å². The second-order valence-electron chi connectivity index (χ2n) is 9.23. The lowest BCUT2D eigenvalue weighted by Gasteiger charge is -2.17. The molecule has 0 aliphatic rings. The number of fused-ring (bicyclic) bond motifs is 1. The number of aryl methyl sites for hydroxylation is 1. The Morgan fingerprint density at radius 1 is 1.15 bits per heavy atom. The zero-order valence-corrected chi connectivity index (χ0v) is 24.3. The van der Waals surface area contributed by atoms with Gasteiger partial charge in [0.2, 0.25) is 0 Å². The molecule has 0 atom stereocenters. The molecule has 0 aliphatic carbocycles. The molecule has 8 nitrogen and oxygen atoms in total. The van der Waals surface area contributed by atoms with Crippen molar-refractivity contribution in [1.29, 1.82) is 0 Å². The van der Waals surface area contributed by atoms with E-state index in [0.29, 0.717) is 39.1 Å². The molecule has 0 N–H and O–H groups in total. The highest BCUT2D eigenvalue weighted by molar-refractivity contribution is 9.10. The fourth-order valence-corrected chi connectivity index (χ4v) is 4.81. The monoisotopic (exact) mass is 591 g/mol. The van der Waals surface area contributed by atoms with Crippen LogP contribution in [0.4, 0.5) is 0 Å². The predicted octanol–water partition coefficient (Wildman–Crippen LogP) is 6.47. The van der Waals surface area contributed by atoms with Crippen LogP contribution in [-0.4, -0.2) is 35.6 Å². The largest absolute Gasteiger partial charge is 0.496 e. The first-order valence-corrected chi connectivity index (χ1v) is 13.3. The summed E-state index contributed by atoms with van der Waals surface area (Å²) in [7, 11) is 1.65. The van der Waals surface area contributed by atoms with Crippen LogP contribution in [0.5, 0.6) is 17.2 Å². The lowest BCUT2D eigenvalue weighted by atomic mass is 9.96. The Morgan fingerprint density at radius 3 is 2.56 bits per heavy atom. The molecule has 0 fully saturated rings. The predicted molar refractivity (Wildman–Crippen MR) is 156 cm³/mol. The molecule has 3 aromatic carbocycles. The van der Waals surface area contributed by atoms with E-state index in [-0.39, 0.29) is 17.2 Å². The minimum atomic E-state index is -0.466. The molecular formula is C30H30BrN3O5. The molecule has 202 valence electrons. The van der Waals surface area contributed by atoms with E-state index in [1.54, 1.807) is 37.6 Å². The number of rotatable bonds is 8. The van der Waals surface area contributed by atoms with Crippen molar-refractivity contribution in [3.63, 3.8) is 0 Å². The molecule has 0 aliphatic heterocycles. The number of carbonyl (C=O) groups excluding carboxylic acids is 1. The van der Waals surface area contributed by atoms with Crippen LogP contribution in [-0.2, 0) is 4.79 Å². The quantitative estimate of drug-likeness (QED) is 0.132. The normalized spacial score (nSPS) is 11.4. The van der Waals surface area contributed by atoms with E-state index in [4.69, 9.17) is 19.2 Å². The summed E-state index contributed by atoms with van der Waals surface area (Å²) in [6.45, 7) is 9.66. The molecule has 0 spiro atoms. The maximum absolute atomic E-state index is 13.7. The van der Waals surface area contributed by atoms with Gasteiger partial charge in [-0.2, -0.15) is 9.78 Å². The second-order valence-corrected chi connectivity index (χ2v) is 10.1. The number of esters is 1. The van der Waals surface area contributed by atoms with E-state index in [2.05, 4.69) is 34.9 Å². The Hall–Kier alpha value is -3.98. The number of benzene rings is 3. The number of methoxy groups -OCH3 is 1. The number of carbonyl (C=O) groups is 1. The number of nitrogens with zero attached hydrogens (tertiary/aromatic N) is 3. The van der Waals surface area contributed by atoms with Gasteiger partial charge >= 0.3 is 5.97 Å². The molecular weight excluding hydrogens is 562 g/mol. The summed E-state index contributed by atoms with van der Waals surface area (Å²) >= 11 is 3.45. The minimum absolute atomic E-state index is 0.188. The van der Waals surface area contributed by atoms with Crippen molar-refractivity contribution >= 4 is 39.0 Å². The Morgan fingerprint density at radius 2 is 1.90 bits per heavy atom. The molecule has 0 saturated carbocycles. The third-order valence-corrected chi connectivity index (χ3v) is 6.68. The van der Waals surface area contributed by atoms with Gasteiger partial charge < -0.3 is 14.2 Å². The van der Waals surface area contributed by atoms with Gasteiger partial charge in [-0.05, 0) is 88.8 Å². The van der Waals surface area contributed by atoms with Crippen LogP contribution in [0.25, 0.3) is 22.3 Å². The van der Waals surface area contributed by atoms with Gasteiger partial charge in [0.05, 0.1) is 35.3 Å². The summed E-state index contributed by atoms with van der Waals surface area (Å²) in [4.78, 5) is 30.2. The Kier molecular flexibility index (Phi) is 8.50. The molecule has 1 aromatic heterocycles. The van der Waals surface area contributed by atoms with Gasteiger partial charge in [0.25, 0.3) is 5.56 Å². The standard InChI is InChI=1S/C30H30BrN3O5/c1-7-38-27-14-20(13-24(31)28(27)39-19(5)35)16-32-34-29(33-25-11-9-8-10-21(25)30(34)36)23-15-22(17(2)3)26(37-6)12-18(23)4/h8-17H,7H2,1-6H3. The lowest BCUT2D eigenvalue weighted by Crippen LogP contribution is -2.21. The molecule has 0 radical (unpaired) electrons. The summed E-state index contributed by atoms with van der Waals surface area (Å²) in [5, 5.41) is 5.05. The maximum atomic E-state index is 13.7. The molecule has 0 saturated heterocycles. The zero-order chi connectivity index (χ0) is 28.3. The average molecular weight is 592 g/mol. The summed E-state index contributed by atoms with van der Waals surface area (Å²) < 4.78 is 18.5. The van der Waals surface area contributed by atoms with Crippen LogP contribution in [0.2, 0.25) is 0 Å². The van der Waals surface area contributed by atoms with Crippen LogP contribution in [0.1, 0.15) is 50.3 Å². The Labute approximate surface area is 235 Å². The van der Waals surface area contributed by atoms with E-state index < -0.39 is 5.97 Å². The van der Waals surface area contributed by atoms with Crippen molar-refractivity contribution < 1.29 is 19.0 Å². The van der Waals surface area contributed by atoms with Gasteiger partial charge in [-0.3, -0.25) is 9.59 Å². The lowest BCUT2D eigenvalue weighted by molar-refractivity contribution is -0.132. The third kappa shape index (κ3) is 5.88. The highest BCUT2D eigenvalue weighted by atomic mass is 79.9. The van der Waals surface area contributed by atoms with Crippen LogP contribution in [0, 0.1) is 6.92 Å². The van der Waals surface area contributed by atoms with Gasteiger partial charge in [0.1, 0.15) is 5.75 Å². The van der Waals surface area contributed by atoms with Crippen molar-refractivity contribution in [2.24, 2.45) is 5.10 Å². The highest BCUT2D eigenvalue weighted by Crippen LogP contribution is 2.37. The smallest absolute Gasteiger partial charge is 0.308 e. The number of aromatic nitrogens is 2. The van der Waals surface area contributed by atoms with Crippen molar-refractivity contribution in [2.75, 3.05) is 13.7 Å². The SMILES string of the molecule is CCOc1cc(C=Nn2c(-c3cc(C(C)C)c(OC)cc3C)nc3ccccc3c2=O)cc(Br)c1OC(C)=O. The van der Waals surface area contributed by atoms with Gasteiger partial charge in [-0.15, -0.1) is 0 Å². The molecule has 9 heteroatoms. The van der Waals surface area contributed by atoms with E-state index >= 15 is 0 Å². The Bertz CT molecular complexity index is 1640. The Balaban J connectivity index is 1.93.